The molecule has 2 aromatic carbocycles. The highest BCUT2D eigenvalue weighted by Crippen LogP contribution is 2.37. The number of aromatic amines is 1. The van der Waals surface area contributed by atoms with Crippen LogP contribution in [0.4, 0.5) is 46.8 Å². The lowest BCUT2D eigenvalue weighted by atomic mass is 10.1. The zero-order chi connectivity index (χ0) is 37.2. The summed E-state index contributed by atoms with van der Waals surface area (Å²) >= 11 is 2.27. The molecule has 5 aromatic rings. The van der Waals surface area contributed by atoms with Gasteiger partial charge in [0.25, 0.3) is 0 Å². The van der Waals surface area contributed by atoms with Gasteiger partial charge in [-0.1, -0.05) is 6.07 Å². The summed E-state index contributed by atoms with van der Waals surface area (Å²) in [5, 5.41) is 36.9. The molecule has 3 aromatic heterocycles. The molecule has 0 aliphatic rings. The number of anilines is 1. The monoisotopic (exact) mass is 792 g/mol. The van der Waals surface area contributed by atoms with E-state index in [1.165, 1.54) is 0 Å². The number of nitro groups is 2. The van der Waals surface area contributed by atoms with E-state index in [4.69, 9.17) is 5.41 Å². The fraction of sp³-hybridized carbons (Fsp3) is 0.120. The van der Waals surface area contributed by atoms with E-state index in [0.717, 1.165) is 41.2 Å². The summed E-state index contributed by atoms with van der Waals surface area (Å²) in [6.45, 7) is -0.837. The SMILES string of the molecule is N=C(Sc1ncc([N+](=O)[O-])s1)N(C(=O)NCc1ccc(-n2c(Sc3ncc([N+](=O)[O-])s3)n[nH]c2=O)cc1C(F)(F)F)c1ccc(C(F)(F)F)cc1. The molecule has 0 aliphatic carbocycles. The van der Waals surface area contributed by atoms with Crippen LogP contribution in [-0.4, -0.2) is 45.8 Å². The fourth-order valence-electron chi connectivity index (χ4n) is 4.05. The lowest BCUT2D eigenvalue weighted by molar-refractivity contribution is -0.380. The maximum absolute atomic E-state index is 14.3. The minimum atomic E-state index is -5.05. The van der Waals surface area contributed by atoms with Crippen molar-refractivity contribution in [3.05, 3.63) is 102 Å². The lowest BCUT2D eigenvalue weighted by Crippen LogP contribution is -2.42. The first kappa shape index (κ1) is 36.9. The van der Waals surface area contributed by atoms with Crippen molar-refractivity contribution in [3.8, 4) is 5.69 Å². The number of nitrogens with one attached hydrogen (secondary N) is 3. The van der Waals surface area contributed by atoms with E-state index in [-0.39, 0.29) is 30.2 Å². The van der Waals surface area contributed by atoms with Crippen LogP contribution < -0.4 is 15.9 Å². The Morgan fingerprint density at radius 3 is 2.14 bits per heavy atom. The second-order valence-electron chi connectivity index (χ2n) is 9.48. The molecule has 0 atom stereocenters. The van der Waals surface area contributed by atoms with Gasteiger partial charge in [0.2, 0.25) is 5.16 Å². The Hall–Kier alpha value is -5.34. The summed E-state index contributed by atoms with van der Waals surface area (Å²) in [4.78, 5) is 54.6. The van der Waals surface area contributed by atoms with Crippen molar-refractivity contribution >= 4 is 73.1 Å². The number of hydrogen-bond acceptors (Lipinski definition) is 14. The number of amidine groups is 1. The van der Waals surface area contributed by atoms with E-state index in [2.05, 4.69) is 25.5 Å². The number of H-pyrrole nitrogens is 1. The van der Waals surface area contributed by atoms with Crippen LogP contribution in [0.5, 0.6) is 0 Å². The molecule has 266 valence electrons. The molecule has 0 bridgehead atoms. The highest BCUT2D eigenvalue weighted by molar-refractivity contribution is 8.15. The number of thiazole rings is 2. The van der Waals surface area contributed by atoms with Crippen LogP contribution >= 0.6 is 46.2 Å². The third-order valence-corrected chi connectivity index (χ3v) is 10.1. The van der Waals surface area contributed by atoms with Gasteiger partial charge in [0.1, 0.15) is 12.4 Å². The van der Waals surface area contributed by atoms with Crippen molar-refractivity contribution in [2.75, 3.05) is 4.90 Å². The van der Waals surface area contributed by atoms with Crippen LogP contribution in [0.3, 0.4) is 0 Å². The molecule has 3 heterocycles. The van der Waals surface area contributed by atoms with Crippen molar-refractivity contribution < 1.29 is 41.0 Å². The number of hydrogen-bond donors (Lipinski definition) is 3. The predicted octanol–water partition coefficient (Wildman–Crippen LogP) is 6.92. The van der Waals surface area contributed by atoms with E-state index >= 15 is 0 Å². The maximum Gasteiger partial charge on any atom is 0.416 e. The number of aromatic nitrogens is 5. The molecule has 0 spiro atoms. The number of benzene rings is 2. The molecule has 2 amide bonds. The summed E-state index contributed by atoms with van der Waals surface area (Å²) < 4.78 is 83.2. The van der Waals surface area contributed by atoms with Gasteiger partial charge in [-0.15, -0.1) is 5.10 Å². The molecule has 0 unspecified atom stereocenters. The van der Waals surface area contributed by atoms with E-state index < -0.39 is 67.3 Å². The van der Waals surface area contributed by atoms with Gasteiger partial charge in [0, 0.05) is 6.54 Å². The summed E-state index contributed by atoms with van der Waals surface area (Å²) in [6, 6.07) is 4.30. The van der Waals surface area contributed by atoms with Gasteiger partial charge in [-0.2, -0.15) is 26.3 Å². The summed E-state index contributed by atoms with van der Waals surface area (Å²) in [5.74, 6) is 0. The van der Waals surface area contributed by atoms with Crippen LogP contribution in [0.2, 0.25) is 0 Å². The highest BCUT2D eigenvalue weighted by Gasteiger charge is 2.35. The Morgan fingerprint density at radius 1 is 0.961 bits per heavy atom. The number of alkyl halides is 6. The normalized spacial score (nSPS) is 11.7. The number of nitrogens with zero attached hydrogens (tertiary/aromatic N) is 7. The van der Waals surface area contributed by atoms with Gasteiger partial charge in [0.15, 0.2) is 13.8 Å². The number of halogens is 6. The predicted molar refractivity (Wildman–Crippen MR) is 171 cm³/mol. The minimum Gasteiger partial charge on any atom is -0.333 e. The van der Waals surface area contributed by atoms with Crippen molar-refractivity contribution in [2.45, 2.75) is 32.7 Å². The van der Waals surface area contributed by atoms with Gasteiger partial charge in [-0.3, -0.25) is 25.6 Å². The topological polar surface area (TPSA) is 219 Å². The number of carbonyl (C=O) groups excluding carboxylic acids is 1. The Morgan fingerprint density at radius 2 is 1.57 bits per heavy atom. The summed E-state index contributed by atoms with van der Waals surface area (Å²) in [7, 11) is 0. The van der Waals surface area contributed by atoms with Gasteiger partial charge in [0.05, 0.1) is 32.3 Å². The first-order valence-corrected chi connectivity index (χ1v) is 16.5. The van der Waals surface area contributed by atoms with E-state index in [0.29, 0.717) is 69.3 Å². The number of urea groups is 1. The van der Waals surface area contributed by atoms with Crippen LogP contribution in [-0.2, 0) is 18.9 Å². The number of amides is 2. The van der Waals surface area contributed by atoms with Gasteiger partial charge >= 0.3 is 34.1 Å². The summed E-state index contributed by atoms with van der Waals surface area (Å²) in [5.41, 5.74) is -4.51. The highest BCUT2D eigenvalue weighted by atomic mass is 32.2. The van der Waals surface area contributed by atoms with Crippen LogP contribution in [0.15, 0.2) is 73.5 Å². The molecule has 26 heteroatoms. The van der Waals surface area contributed by atoms with E-state index in [1.54, 1.807) is 0 Å². The zero-order valence-corrected chi connectivity index (χ0v) is 27.7. The van der Waals surface area contributed by atoms with E-state index in [1.807, 2.05) is 0 Å². The molecule has 0 saturated carbocycles. The molecular formula is C25H14F6N10O6S4. The molecular weight excluding hydrogens is 779 g/mol. The number of rotatable bonds is 9. The third kappa shape index (κ3) is 8.52. The van der Waals surface area contributed by atoms with Gasteiger partial charge < -0.3 is 5.32 Å². The number of thioether (sulfide) groups is 1. The molecule has 3 N–H and O–H groups in total. The molecule has 51 heavy (non-hydrogen) atoms. The van der Waals surface area contributed by atoms with Crippen LogP contribution in [0.1, 0.15) is 16.7 Å². The molecule has 0 radical (unpaired) electrons. The Kier molecular flexibility index (Phi) is 10.5. The lowest BCUT2D eigenvalue weighted by Gasteiger charge is -2.24. The second-order valence-corrected chi connectivity index (χ2v) is 13.9. The molecule has 0 fully saturated rings. The number of carbonyl (C=O) groups is 1. The first-order valence-electron chi connectivity index (χ1n) is 13.2. The summed E-state index contributed by atoms with van der Waals surface area (Å²) in [6.07, 6.45) is -7.97. The average Bonchev–Trinajstić information content (AvgIpc) is 3.80. The minimum absolute atomic E-state index is 0.0618. The molecule has 0 aliphatic heterocycles. The van der Waals surface area contributed by atoms with Gasteiger partial charge in [-0.05, 0) is 88.2 Å². The van der Waals surface area contributed by atoms with Crippen molar-refractivity contribution in [1.29, 1.82) is 5.41 Å². The second kappa shape index (κ2) is 14.5. The smallest absolute Gasteiger partial charge is 0.333 e. The van der Waals surface area contributed by atoms with Crippen molar-refractivity contribution in [2.24, 2.45) is 0 Å². The van der Waals surface area contributed by atoms with Crippen LogP contribution in [0.25, 0.3) is 5.69 Å². The molecule has 16 nitrogen and oxygen atoms in total. The van der Waals surface area contributed by atoms with Crippen molar-refractivity contribution in [1.82, 2.24) is 30.0 Å². The maximum atomic E-state index is 14.3. The zero-order valence-electron chi connectivity index (χ0n) is 24.4. The van der Waals surface area contributed by atoms with E-state index in [9.17, 15) is 56.2 Å². The first-order chi connectivity index (χ1) is 23.9. The van der Waals surface area contributed by atoms with Gasteiger partial charge in [-0.25, -0.2) is 34.1 Å². The Balaban J connectivity index is 1.43. The largest absolute Gasteiger partial charge is 0.416 e. The Bertz CT molecular complexity index is 2200. The molecule has 5 rings (SSSR count). The average molecular weight is 793 g/mol. The van der Waals surface area contributed by atoms with Crippen LogP contribution in [0, 0.1) is 25.6 Å². The quantitative estimate of drug-likeness (QED) is 0.0347. The standard InChI is InChI=1S/C25H14F6N10O6S4/c26-24(27,28)12-2-5-13(6-3-12)38(18(32)50-22-34-9-16(48-22)40(44)45)19(42)33-8-11-1-4-14(7-15(11)25(29,30)31)39-20(43)36-37-21(39)51-23-35-10-17(49-23)41(46)47/h1-7,9-10,32H,8H2,(H,33,42)(H,36,43). The van der Waals surface area contributed by atoms with Crippen molar-refractivity contribution in [3.63, 3.8) is 0 Å². The fourth-order valence-corrected chi connectivity index (χ4v) is 7.46. The third-order valence-electron chi connectivity index (χ3n) is 6.25. The Labute approximate surface area is 294 Å². The molecule has 0 saturated heterocycles.